The van der Waals surface area contributed by atoms with Gasteiger partial charge in [-0.1, -0.05) is 0 Å². The van der Waals surface area contributed by atoms with Crippen LogP contribution in [0.15, 0.2) is 0 Å². The van der Waals surface area contributed by atoms with Gasteiger partial charge in [-0.2, -0.15) is 0 Å². The number of hydrogen-bond acceptors (Lipinski definition) is 4. The first-order valence-electron chi connectivity index (χ1n) is 3.82. The molecule has 86 valence electrons. The van der Waals surface area contributed by atoms with E-state index < -0.39 is 36.3 Å². The zero-order valence-electron chi connectivity index (χ0n) is 7.57. The predicted molar refractivity (Wildman–Crippen MR) is 48.3 cm³/mol. The molecule has 7 nitrogen and oxygen atoms in total. The lowest BCUT2D eigenvalue weighted by Crippen LogP contribution is -2.45. The molecule has 0 rings (SSSR count). The number of hydrogen-bond donors (Lipinski definition) is 4. The first-order valence-corrected chi connectivity index (χ1v) is 4.35. The molecule has 0 aromatic carbocycles. The summed E-state index contributed by atoms with van der Waals surface area (Å²) in [5.74, 6) is -4.12. The number of aliphatic carboxylic acids is 2. The van der Waals surface area contributed by atoms with Crippen LogP contribution in [-0.4, -0.2) is 44.8 Å². The van der Waals surface area contributed by atoms with E-state index in [1.807, 2.05) is 5.32 Å². The van der Waals surface area contributed by atoms with Crippen LogP contribution in [0, 0.1) is 0 Å². The highest BCUT2D eigenvalue weighted by molar-refractivity contribution is 6.18. The summed E-state index contributed by atoms with van der Waals surface area (Å²) in [6.45, 7) is 0. The van der Waals surface area contributed by atoms with Gasteiger partial charge in [-0.25, -0.2) is 4.79 Å². The van der Waals surface area contributed by atoms with Crippen LogP contribution in [-0.2, 0) is 14.4 Å². The van der Waals surface area contributed by atoms with E-state index in [9.17, 15) is 19.5 Å². The Morgan fingerprint density at radius 1 is 1.20 bits per heavy atom. The summed E-state index contributed by atoms with van der Waals surface area (Å²) in [7, 11) is 0. The van der Waals surface area contributed by atoms with Gasteiger partial charge < -0.3 is 20.6 Å². The average Bonchev–Trinajstić information content (AvgIpc) is 2.01. The van der Waals surface area contributed by atoms with E-state index in [4.69, 9.17) is 21.8 Å². The van der Waals surface area contributed by atoms with Crippen LogP contribution >= 0.6 is 11.6 Å². The molecule has 0 aliphatic heterocycles. The van der Waals surface area contributed by atoms with E-state index in [0.29, 0.717) is 0 Å². The molecule has 0 radical (unpaired) electrons. The molecule has 0 aromatic rings. The number of amides is 1. The van der Waals surface area contributed by atoms with Crippen molar-refractivity contribution in [1.29, 1.82) is 0 Å². The molecule has 0 aromatic heterocycles. The van der Waals surface area contributed by atoms with Crippen molar-refractivity contribution in [1.82, 2.24) is 5.32 Å². The molecule has 0 bridgehead atoms. The summed E-state index contributed by atoms with van der Waals surface area (Å²) in [5, 5.41) is 28.3. The van der Waals surface area contributed by atoms with E-state index >= 15 is 0 Å². The van der Waals surface area contributed by atoms with Crippen molar-refractivity contribution in [3.63, 3.8) is 0 Å². The molecule has 0 spiro atoms. The fourth-order valence-electron chi connectivity index (χ4n) is 0.867. The molecule has 4 N–H and O–H groups in total. The zero-order chi connectivity index (χ0) is 12.1. The molecule has 0 saturated heterocycles. The summed E-state index contributed by atoms with van der Waals surface area (Å²) in [6.07, 6.45) is -1.92. The van der Waals surface area contributed by atoms with Crippen LogP contribution in [0.2, 0.25) is 0 Å². The molecular weight excluding hydrogens is 230 g/mol. The number of alkyl halides is 1. The van der Waals surface area contributed by atoms with Crippen LogP contribution in [0.4, 0.5) is 0 Å². The van der Waals surface area contributed by atoms with E-state index in [0.717, 1.165) is 0 Å². The molecule has 1 amide bonds. The molecule has 1 unspecified atom stereocenters. The van der Waals surface area contributed by atoms with Gasteiger partial charge >= 0.3 is 11.9 Å². The van der Waals surface area contributed by atoms with E-state index in [1.54, 1.807) is 0 Å². The SMILES string of the molecule is O=C(O)CC(O)(CC(=O)NCCl)C(=O)O. The summed E-state index contributed by atoms with van der Waals surface area (Å²) in [4.78, 5) is 31.8. The van der Waals surface area contributed by atoms with Gasteiger partial charge in [0.1, 0.15) is 0 Å². The van der Waals surface area contributed by atoms with Gasteiger partial charge in [-0.3, -0.25) is 9.59 Å². The van der Waals surface area contributed by atoms with Gasteiger partial charge in [0.05, 0.1) is 18.8 Å². The quantitative estimate of drug-likeness (QED) is 0.347. The number of carboxylic acid groups (broad SMARTS) is 2. The molecule has 8 heteroatoms. The number of nitrogens with one attached hydrogen (secondary N) is 1. The van der Waals surface area contributed by atoms with Gasteiger partial charge in [-0.05, 0) is 0 Å². The van der Waals surface area contributed by atoms with E-state index in [1.165, 1.54) is 0 Å². The summed E-state index contributed by atoms with van der Waals surface area (Å²) in [5.41, 5.74) is -2.61. The highest BCUT2D eigenvalue weighted by Crippen LogP contribution is 2.15. The molecule has 0 saturated carbocycles. The largest absolute Gasteiger partial charge is 0.481 e. The minimum Gasteiger partial charge on any atom is -0.481 e. The Bertz CT molecular complexity index is 281. The Kier molecular flexibility index (Phi) is 5.03. The van der Waals surface area contributed by atoms with Crippen LogP contribution in [0.1, 0.15) is 12.8 Å². The van der Waals surface area contributed by atoms with Crippen molar-refractivity contribution < 1.29 is 29.7 Å². The number of carbonyl (C=O) groups is 3. The van der Waals surface area contributed by atoms with Crippen molar-refractivity contribution in [3.8, 4) is 0 Å². The molecule has 0 heterocycles. The Morgan fingerprint density at radius 2 is 1.73 bits per heavy atom. The van der Waals surface area contributed by atoms with Crippen LogP contribution in [0.25, 0.3) is 0 Å². The van der Waals surface area contributed by atoms with Crippen molar-refractivity contribution in [2.45, 2.75) is 18.4 Å². The molecule has 1 atom stereocenters. The van der Waals surface area contributed by atoms with Gasteiger partial charge in [-0.15, -0.1) is 11.6 Å². The normalized spacial score (nSPS) is 14.0. The molecule has 15 heavy (non-hydrogen) atoms. The fraction of sp³-hybridized carbons (Fsp3) is 0.571. The molecule has 0 fully saturated rings. The number of carbonyl (C=O) groups excluding carboxylic acids is 1. The van der Waals surface area contributed by atoms with Gasteiger partial charge in [0.25, 0.3) is 0 Å². The average molecular weight is 240 g/mol. The lowest BCUT2D eigenvalue weighted by atomic mass is 9.95. The standard InChI is InChI=1S/C7H10ClNO6/c8-3-9-4(10)1-7(15,6(13)14)2-5(11)12/h15H,1-3H2,(H,9,10)(H,11,12)(H,13,14). The van der Waals surface area contributed by atoms with Gasteiger partial charge in [0.2, 0.25) is 5.91 Å². The Morgan fingerprint density at radius 3 is 2.07 bits per heavy atom. The van der Waals surface area contributed by atoms with Crippen LogP contribution in [0.3, 0.4) is 0 Å². The monoisotopic (exact) mass is 239 g/mol. The molecule has 0 aliphatic rings. The Balaban J connectivity index is 4.58. The van der Waals surface area contributed by atoms with Crippen molar-refractivity contribution in [3.05, 3.63) is 0 Å². The zero-order valence-corrected chi connectivity index (χ0v) is 8.32. The highest BCUT2D eigenvalue weighted by atomic mass is 35.5. The number of aliphatic hydroxyl groups is 1. The molecule has 0 aliphatic carbocycles. The maximum Gasteiger partial charge on any atom is 0.336 e. The smallest absolute Gasteiger partial charge is 0.336 e. The van der Waals surface area contributed by atoms with E-state index in [-0.39, 0.29) is 6.00 Å². The second-order valence-corrected chi connectivity index (χ2v) is 3.08. The Labute approximate surface area is 89.6 Å². The van der Waals surface area contributed by atoms with Crippen molar-refractivity contribution in [2.75, 3.05) is 6.00 Å². The van der Waals surface area contributed by atoms with Crippen molar-refractivity contribution >= 4 is 29.4 Å². The van der Waals surface area contributed by atoms with Crippen molar-refractivity contribution in [2.24, 2.45) is 0 Å². The third-order valence-corrected chi connectivity index (χ3v) is 1.69. The number of halogens is 1. The predicted octanol–water partition coefficient (Wildman–Crippen LogP) is -1.02. The fourth-order valence-corrected chi connectivity index (χ4v) is 1.02. The van der Waals surface area contributed by atoms with Gasteiger partial charge in [0.15, 0.2) is 5.60 Å². The maximum atomic E-state index is 10.9. The maximum absolute atomic E-state index is 10.9. The third kappa shape index (κ3) is 4.61. The van der Waals surface area contributed by atoms with E-state index in [2.05, 4.69) is 0 Å². The third-order valence-electron chi connectivity index (χ3n) is 1.56. The first kappa shape index (κ1) is 13.7. The minimum atomic E-state index is -2.61. The van der Waals surface area contributed by atoms with Gasteiger partial charge in [0, 0.05) is 0 Å². The number of carboxylic acids is 2. The first-order chi connectivity index (χ1) is 6.81. The summed E-state index contributed by atoms with van der Waals surface area (Å²) < 4.78 is 0. The second-order valence-electron chi connectivity index (χ2n) is 2.82. The van der Waals surface area contributed by atoms with Crippen LogP contribution < -0.4 is 5.32 Å². The molecular formula is C7H10ClNO6. The van der Waals surface area contributed by atoms with Crippen LogP contribution in [0.5, 0.6) is 0 Å². The lowest BCUT2D eigenvalue weighted by Gasteiger charge is -2.20. The highest BCUT2D eigenvalue weighted by Gasteiger charge is 2.40. The topological polar surface area (TPSA) is 124 Å². The lowest BCUT2D eigenvalue weighted by molar-refractivity contribution is -0.167. The number of rotatable bonds is 6. The second kappa shape index (κ2) is 5.52. The Hall–Kier alpha value is -1.34. The summed E-state index contributed by atoms with van der Waals surface area (Å²) >= 11 is 5.13. The summed E-state index contributed by atoms with van der Waals surface area (Å²) in [6, 6.07) is -0.248. The minimum absolute atomic E-state index is 0.248.